The molecule has 0 spiro atoms. The van der Waals surface area contributed by atoms with Crippen molar-refractivity contribution in [1.29, 1.82) is 0 Å². The van der Waals surface area contributed by atoms with Crippen LogP contribution in [0.4, 0.5) is 0 Å². The second-order valence-corrected chi connectivity index (χ2v) is 6.47. The van der Waals surface area contributed by atoms with Crippen LogP contribution in [-0.4, -0.2) is 17.5 Å². The lowest BCUT2D eigenvalue weighted by Gasteiger charge is -2.20. The largest absolute Gasteiger partial charge is 0.457 e. The quantitative estimate of drug-likeness (QED) is 0.321. The Hall–Kier alpha value is -3.79. The van der Waals surface area contributed by atoms with E-state index in [9.17, 15) is 14.4 Å². The molecule has 0 radical (unpaired) electrons. The molecule has 0 bridgehead atoms. The van der Waals surface area contributed by atoms with Gasteiger partial charge in [0.1, 0.15) is 12.2 Å². The molecule has 4 heteroatoms. The summed E-state index contributed by atoms with van der Waals surface area (Å²) in [6, 6.07) is 17.8. The molecule has 0 saturated heterocycles. The summed E-state index contributed by atoms with van der Waals surface area (Å²) in [5, 5.41) is 0. The number of allylic oxidation sites excluding steroid dienone is 6. The van der Waals surface area contributed by atoms with Gasteiger partial charge in [-0.05, 0) is 18.1 Å². The number of hydrogen-bond acceptors (Lipinski definition) is 4. The molecule has 0 amide bonds. The lowest BCUT2D eigenvalue weighted by atomic mass is 9.81. The van der Waals surface area contributed by atoms with Crippen LogP contribution in [0.3, 0.4) is 0 Å². The van der Waals surface area contributed by atoms with Gasteiger partial charge in [0.15, 0.2) is 11.6 Å². The van der Waals surface area contributed by atoms with Gasteiger partial charge in [0, 0.05) is 16.7 Å². The van der Waals surface area contributed by atoms with Crippen LogP contribution in [0.5, 0.6) is 0 Å². The molecule has 0 unspecified atom stereocenters. The van der Waals surface area contributed by atoms with Gasteiger partial charge >= 0.3 is 5.97 Å². The van der Waals surface area contributed by atoms with Gasteiger partial charge < -0.3 is 4.74 Å². The molecule has 0 fully saturated rings. The summed E-state index contributed by atoms with van der Waals surface area (Å²) in [5.41, 5.74) is 1.56. The first-order valence-electron chi connectivity index (χ1n) is 9.14. The number of carbonyl (C=O) groups excluding carboxylic acids is 3. The number of benzene rings is 2. The first kappa shape index (κ1) is 20.0. The third kappa shape index (κ3) is 4.22. The molecule has 0 atom stereocenters. The summed E-state index contributed by atoms with van der Waals surface area (Å²) >= 11 is 0. The fourth-order valence-corrected chi connectivity index (χ4v) is 3.08. The van der Waals surface area contributed by atoms with Crippen molar-refractivity contribution in [2.75, 3.05) is 0 Å². The van der Waals surface area contributed by atoms with Gasteiger partial charge in [-0.3, -0.25) is 9.59 Å². The molecule has 1 aliphatic rings. The molecule has 3 rings (SSSR count). The minimum absolute atomic E-state index is 0.0126. The van der Waals surface area contributed by atoms with Crippen molar-refractivity contribution < 1.29 is 19.1 Å². The maximum absolute atomic E-state index is 13.2. The molecule has 0 N–H and O–H groups in total. The van der Waals surface area contributed by atoms with Crippen molar-refractivity contribution in [3.63, 3.8) is 0 Å². The third-order valence-electron chi connectivity index (χ3n) is 4.57. The smallest absolute Gasteiger partial charge is 0.343 e. The molecule has 4 nitrogen and oxygen atoms in total. The van der Waals surface area contributed by atoms with Crippen LogP contribution >= 0.6 is 0 Å². The van der Waals surface area contributed by atoms with Crippen LogP contribution in [0.1, 0.15) is 18.1 Å². The standard InChI is InChI=1S/C25H20O4/c1-3-4-15-20-17(2)23(26)22(21(24(20)27)19-13-9-6-10-14-19)25(28)29-16-18-11-7-5-8-12-18/h3-15H,1,16H2,2H3/b15-4-. The van der Waals surface area contributed by atoms with E-state index in [-0.39, 0.29) is 28.9 Å². The Labute approximate surface area is 169 Å². The fourth-order valence-electron chi connectivity index (χ4n) is 3.08. The van der Waals surface area contributed by atoms with E-state index in [1.807, 2.05) is 30.3 Å². The average Bonchev–Trinajstić information content (AvgIpc) is 2.75. The molecular formula is C25H20O4. The second-order valence-electron chi connectivity index (χ2n) is 6.47. The van der Waals surface area contributed by atoms with Gasteiger partial charge in [-0.1, -0.05) is 85.5 Å². The molecule has 0 heterocycles. The molecule has 29 heavy (non-hydrogen) atoms. The van der Waals surface area contributed by atoms with Gasteiger partial charge in [0.25, 0.3) is 0 Å². The summed E-state index contributed by atoms with van der Waals surface area (Å²) in [4.78, 5) is 39.1. The van der Waals surface area contributed by atoms with Crippen molar-refractivity contribution in [3.05, 3.63) is 113 Å². The zero-order valence-corrected chi connectivity index (χ0v) is 16.1. The zero-order valence-electron chi connectivity index (χ0n) is 16.1. The van der Waals surface area contributed by atoms with E-state index in [1.165, 1.54) is 19.1 Å². The highest BCUT2D eigenvalue weighted by atomic mass is 16.5. The third-order valence-corrected chi connectivity index (χ3v) is 4.57. The second kappa shape index (κ2) is 8.93. The van der Waals surface area contributed by atoms with E-state index in [0.29, 0.717) is 5.56 Å². The number of rotatable bonds is 6. The van der Waals surface area contributed by atoms with Crippen LogP contribution in [0.2, 0.25) is 0 Å². The number of carbonyl (C=O) groups is 3. The first-order valence-corrected chi connectivity index (χ1v) is 9.14. The lowest BCUT2D eigenvalue weighted by Crippen LogP contribution is -2.27. The van der Waals surface area contributed by atoms with Gasteiger partial charge in [-0.15, -0.1) is 0 Å². The van der Waals surface area contributed by atoms with E-state index >= 15 is 0 Å². The highest BCUT2D eigenvalue weighted by Gasteiger charge is 2.36. The number of ether oxygens (including phenoxy) is 1. The summed E-state index contributed by atoms with van der Waals surface area (Å²) in [6.07, 6.45) is 4.65. The summed E-state index contributed by atoms with van der Waals surface area (Å²) in [6.45, 7) is 5.15. The molecule has 1 aliphatic carbocycles. The van der Waals surface area contributed by atoms with Crippen molar-refractivity contribution >= 4 is 23.1 Å². The van der Waals surface area contributed by atoms with E-state index < -0.39 is 17.5 Å². The predicted octanol–water partition coefficient (Wildman–Crippen LogP) is 4.39. The molecule has 0 aromatic heterocycles. The topological polar surface area (TPSA) is 60.4 Å². The Kier molecular flexibility index (Phi) is 6.15. The molecule has 0 aliphatic heterocycles. The first-order chi connectivity index (χ1) is 14.0. The van der Waals surface area contributed by atoms with Crippen molar-refractivity contribution in [2.24, 2.45) is 0 Å². The Morgan fingerprint density at radius 1 is 0.966 bits per heavy atom. The number of hydrogen-bond donors (Lipinski definition) is 0. The van der Waals surface area contributed by atoms with Crippen LogP contribution in [-0.2, 0) is 25.7 Å². The number of ketones is 2. The number of Topliss-reactive ketones (excluding diaryl/α,β-unsaturated/α-hetero) is 2. The van der Waals surface area contributed by atoms with Gasteiger partial charge in [0.05, 0.1) is 0 Å². The minimum atomic E-state index is -0.808. The van der Waals surface area contributed by atoms with Crippen molar-refractivity contribution in [1.82, 2.24) is 0 Å². The van der Waals surface area contributed by atoms with E-state index in [1.54, 1.807) is 36.4 Å². The summed E-state index contributed by atoms with van der Waals surface area (Å²) in [7, 11) is 0. The highest BCUT2D eigenvalue weighted by Crippen LogP contribution is 2.32. The van der Waals surface area contributed by atoms with Crippen LogP contribution in [0, 0.1) is 0 Å². The predicted molar refractivity (Wildman–Crippen MR) is 112 cm³/mol. The van der Waals surface area contributed by atoms with Gasteiger partial charge in [-0.2, -0.15) is 0 Å². The van der Waals surface area contributed by atoms with E-state index in [0.717, 1.165) is 5.56 Å². The van der Waals surface area contributed by atoms with Crippen LogP contribution < -0.4 is 0 Å². The van der Waals surface area contributed by atoms with Gasteiger partial charge in [0.2, 0.25) is 0 Å². The fraction of sp³-hybridized carbons (Fsp3) is 0.0800. The zero-order chi connectivity index (χ0) is 20.8. The lowest BCUT2D eigenvalue weighted by molar-refractivity contribution is -0.141. The Balaban J connectivity index is 2.05. The Morgan fingerprint density at radius 3 is 2.21 bits per heavy atom. The maximum Gasteiger partial charge on any atom is 0.343 e. The maximum atomic E-state index is 13.2. The number of esters is 1. The van der Waals surface area contributed by atoms with Crippen LogP contribution in [0.25, 0.3) is 5.57 Å². The SMILES string of the molecule is C=C/C=C\C1=C(C)C(=O)C(C(=O)OCc2ccccc2)=C(c2ccccc2)C1=O. The summed E-state index contributed by atoms with van der Waals surface area (Å²) in [5.74, 6) is -1.71. The van der Waals surface area contributed by atoms with E-state index in [2.05, 4.69) is 6.58 Å². The molecular weight excluding hydrogens is 364 g/mol. The normalized spacial score (nSPS) is 14.5. The Bertz CT molecular complexity index is 1050. The monoisotopic (exact) mass is 384 g/mol. The molecule has 2 aromatic rings. The molecule has 2 aromatic carbocycles. The average molecular weight is 384 g/mol. The van der Waals surface area contributed by atoms with Crippen molar-refractivity contribution in [3.8, 4) is 0 Å². The highest BCUT2D eigenvalue weighted by molar-refractivity contribution is 6.46. The molecule has 0 saturated carbocycles. The van der Waals surface area contributed by atoms with Gasteiger partial charge in [-0.25, -0.2) is 4.79 Å². The molecule has 144 valence electrons. The van der Waals surface area contributed by atoms with E-state index in [4.69, 9.17) is 4.74 Å². The van der Waals surface area contributed by atoms with Crippen LogP contribution in [0.15, 0.2) is 102 Å². The van der Waals surface area contributed by atoms with Crippen molar-refractivity contribution in [2.45, 2.75) is 13.5 Å². The Morgan fingerprint density at radius 2 is 1.59 bits per heavy atom. The summed E-state index contributed by atoms with van der Waals surface area (Å²) < 4.78 is 5.38. The minimum Gasteiger partial charge on any atom is -0.457 e.